The Balaban J connectivity index is 2.25. The van der Waals surface area contributed by atoms with Gasteiger partial charge in [0, 0.05) is 6.04 Å². The number of amides is 1. The molecule has 1 aliphatic carbocycles. The first-order valence-electron chi connectivity index (χ1n) is 3.88. The summed E-state index contributed by atoms with van der Waals surface area (Å²) in [5.74, 6) is 0.127. The average Bonchev–Trinajstić information content (AvgIpc) is 2.44. The highest BCUT2D eigenvalue weighted by Gasteiger charge is 2.43. The number of fused-ring (bicyclic) bond motifs is 2. The summed E-state index contributed by atoms with van der Waals surface area (Å²) in [4.78, 5) is 12.9. The molecule has 2 atom stereocenters. The lowest BCUT2D eigenvalue weighted by atomic mass is 9.83. The fourth-order valence-electron chi connectivity index (χ4n) is 1.89. The Bertz CT molecular complexity index is 226. The second-order valence-electron chi connectivity index (χ2n) is 3.17. The van der Waals surface area contributed by atoms with Gasteiger partial charge < -0.3 is 9.83 Å². The van der Waals surface area contributed by atoms with E-state index in [-0.39, 0.29) is 17.9 Å². The molecule has 1 fully saturated rings. The van der Waals surface area contributed by atoms with E-state index in [2.05, 4.69) is 0 Å². The van der Waals surface area contributed by atoms with Gasteiger partial charge in [0.1, 0.15) is 0 Å². The fourth-order valence-corrected chi connectivity index (χ4v) is 1.89. The normalized spacial score (nSPS) is 33.6. The van der Waals surface area contributed by atoms with Gasteiger partial charge in [0.2, 0.25) is 5.91 Å². The summed E-state index contributed by atoms with van der Waals surface area (Å²) in [6.45, 7) is 1.63. The minimum atomic E-state index is -0.637. The molecule has 1 aliphatic heterocycles. The lowest BCUT2D eigenvalue weighted by Gasteiger charge is -2.24. The van der Waals surface area contributed by atoms with Crippen LogP contribution in [0.4, 0.5) is 0 Å². The molecule has 0 saturated carbocycles. The van der Waals surface area contributed by atoms with Gasteiger partial charge in [0.15, 0.2) is 0 Å². The third-order valence-electron chi connectivity index (χ3n) is 2.39. The van der Waals surface area contributed by atoms with Crippen molar-refractivity contribution in [3.05, 3.63) is 12.2 Å². The molecule has 1 heterocycles. The van der Waals surface area contributed by atoms with Crippen LogP contribution in [0, 0.1) is 5.92 Å². The highest BCUT2D eigenvalue weighted by molar-refractivity contribution is 6.49. The average molecular weight is 151 g/mol. The van der Waals surface area contributed by atoms with Crippen LogP contribution in [0.2, 0.25) is 6.82 Å². The number of nitrogens with zero attached hydrogens (tertiary/aromatic N) is 1. The van der Waals surface area contributed by atoms with Gasteiger partial charge in [-0.25, -0.2) is 0 Å². The van der Waals surface area contributed by atoms with Crippen molar-refractivity contribution in [3.63, 3.8) is 0 Å². The molecule has 0 aromatic carbocycles. The largest absolute Gasteiger partial charge is 0.432 e. The zero-order chi connectivity index (χ0) is 8.01. The monoisotopic (exact) mass is 151 g/mol. The van der Waals surface area contributed by atoms with Crippen molar-refractivity contribution in [1.82, 2.24) is 4.81 Å². The van der Waals surface area contributed by atoms with Crippen molar-refractivity contribution >= 4 is 13.0 Å². The third-order valence-corrected chi connectivity index (χ3v) is 2.39. The first-order chi connectivity index (χ1) is 5.20. The highest BCUT2D eigenvalue weighted by atomic mass is 16.2. The Hall–Kier alpha value is -0.765. The van der Waals surface area contributed by atoms with Crippen LogP contribution in [-0.4, -0.2) is 28.8 Å². The lowest BCUT2D eigenvalue weighted by Crippen LogP contribution is -2.44. The Kier molecular flexibility index (Phi) is 1.33. The number of hydrogen-bond acceptors (Lipinski definition) is 2. The van der Waals surface area contributed by atoms with E-state index in [1.807, 2.05) is 12.2 Å². The topological polar surface area (TPSA) is 40.5 Å². The van der Waals surface area contributed by atoms with Gasteiger partial charge in [-0.05, 0) is 13.2 Å². The fraction of sp³-hybridized carbons (Fsp3) is 0.571. The minimum Gasteiger partial charge on any atom is -0.432 e. The standard InChI is InChI=1S/C7H10BNO2/c1-8(11)9-6-3-2-5(4-6)7(9)10/h2-3,5-6,11H,4H2,1H3. The second kappa shape index (κ2) is 2.11. The maximum absolute atomic E-state index is 11.3. The molecule has 0 radical (unpaired) electrons. The van der Waals surface area contributed by atoms with Gasteiger partial charge in [-0.1, -0.05) is 12.2 Å². The van der Waals surface area contributed by atoms with Gasteiger partial charge in [-0.2, -0.15) is 0 Å². The van der Waals surface area contributed by atoms with E-state index in [1.165, 1.54) is 0 Å². The van der Waals surface area contributed by atoms with E-state index in [0.29, 0.717) is 0 Å². The lowest BCUT2D eigenvalue weighted by molar-refractivity contribution is -0.127. The van der Waals surface area contributed by atoms with E-state index < -0.39 is 7.05 Å². The summed E-state index contributed by atoms with van der Waals surface area (Å²) in [5, 5.41) is 9.22. The summed E-state index contributed by atoms with van der Waals surface area (Å²) in [7, 11) is -0.637. The smallest absolute Gasteiger partial charge is 0.412 e. The molecular weight excluding hydrogens is 141 g/mol. The van der Waals surface area contributed by atoms with Crippen LogP contribution >= 0.6 is 0 Å². The SMILES string of the molecule is CB(O)N1C(=O)C2C=CC1C2. The van der Waals surface area contributed by atoms with Gasteiger partial charge >= 0.3 is 7.05 Å². The first kappa shape index (κ1) is 6.92. The van der Waals surface area contributed by atoms with E-state index in [0.717, 1.165) is 6.42 Å². The van der Waals surface area contributed by atoms with E-state index in [4.69, 9.17) is 0 Å². The van der Waals surface area contributed by atoms with Crippen molar-refractivity contribution < 1.29 is 9.82 Å². The predicted octanol–water partition coefficient (Wildman–Crippen LogP) is -0.116. The molecule has 0 spiro atoms. The van der Waals surface area contributed by atoms with Crippen LogP contribution in [0.1, 0.15) is 6.42 Å². The van der Waals surface area contributed by atoms with Crippen LogP contribution in [0.5, 0.6) is 0 Å². The summed E-state index contributed by atoms with van der Waals surface area (Å²) in [5.41, 5.74) is 0. The molecule has 2 aliphatic rings. The molecule has 3 nitrogen and oxygen atoms in total. The zero-order valence-electron chi connectivity index (χ0n) is 6.40. The molecule has 58 valence electrons. The first-order valence-corrected chi connectivity index (χ1v) is 3.88. The van der Waals surface area contributed by atoms with Gasteiger partial charge in [0.25, 0.3) is 0 Å². The van der Waals surface area contributed by atoms with Gasteiger partial charge in [-0.3, -0.25) is 4.79 Å². The maximum atomic E-state index is 11.3. The Labute approximate surface area is 65.8 Å². The summed E-state index contributed by atoms with van der Waals surface area (Å²) in [6, 6.07) is 0.160. The summed E-state index contributed by atoms with van der Waals surface area (Å²) in [6.07, 6.45) is 4.80. The highest BCUT2D eigenvalue weighted by Crippen LogP contribution is 2.32. The molecule has 1 amide bonds. The quantitative estimate of drug-likeness (QED) is 0.419. The Morgan fingerprint density at radius 3 is 2.82 bits per heavy atom. The molecule has 0 aromatic rings. The van der Waals surface area contributed by atoms with Crippen LogP contribution in [-0.2, 0) is 4.79 Å². The molecule has 1 N–H and O–H groups in total. The molecule has 11 heavy (non-hydrogen) atoms. The molecular formula is C7H10BNO2. The number of rotatable bonds is 1. The van der Waals surface area contributed by atoms with Crippen molar-refractivity contribution in [2.45, 2.75) is 19.3 Å². The molecule has 0 aromatic heterocycles. The summed E-state index contributed by atoms with van der Waals surface area (Å²) >= 11 is 0. The number of carbonyl (C=O) groups excluding carboxylic acids is 1. The predicted molar refractivity (Wildman–Crippen MR) is 41.7 cm³/mol. The van der Waals surface area contributed by atoms with E-state index >= 15 is 0 Å². The second-order valence-corrected chi connectivity index (χ2v) is 3.17. The Morgan fingerprint density at radius 1 is 1.73 bits per heavy atom. The van der Waals surface area contributed by atoms with Crippen LogP contribution < -0.4 is 0 Å². The molecule has 2 unspecified atom stereocenters. The van der Waals surface area contributed by atoms with Crippen molar-refractivity contribution in [2.24, 2.45) is 5.92 Å². The third kappa shape index (κ3) is 0.823. The maximum Gasteiger partial charge on any atom is 0.412 e. The summed E-state index contributed by atoms with van der Waals surface area (Å²) < 4.78 is 0. The van der Waals surface area contributed by atoms with E-state index in [1.54, 1.807) is 11.6 Å². The minimum absolute atomic E-state index is 0.0506. The van der Waals surface area contributed by atoms with Crippen molar-refractivity contribution in [2.75, 3.05) is 0 Å². The number of hydrogen-bond donors (Lipinski definition) is 1. The molecule has 4 heteroatoms. The molecule has 2 rings (SSSR count). The van der Waals surface area contributed by atoms with Gasteiger partial charge in [0.05, 0.1) is 5.92 Å². The van der Waals surface area contributed by atoms with Crippen LogP contribution in [0.15, 0.2) is 12.2 Å². The molecule has 2 bridgehead atoms. The van der Waals surface area contributed by atoms with Gasteiger partial charge in [-0.15, -0.1) is 0 Å². The zero-order valence-corrected chi connectivity index (χ0v) is 6.40. The van der Waals surface area contributed by atoms with Crippen molar-refractivity contribution in [3.8, 4) is 0 Å². The van der Waals surface area contributed by atoms with E-state index in [9.17, 15) is 9.82 Å². The Morgan fingerprint density at radius 2 is 2.45 bits per heavy atom. The van der Waals surface area contributed by atoms with Crippen LogP contribution in [0.3, 0.4) is 0 Å². The van der Waals surface area contributed by atoms with Crippen molar-refractivity contribution in [1.29, 1.82) is 0 Å². The molecule has 1 saturated heterocycles. The van der Waals surface area contributed by atoms with Crippen LogP contribution in [0.25, 0.3) is 0 Å². The number of carbonyl (C=O) groups is 1.